The second kappa shape index (κ2) is 6.53. The van der Waals surface area contributed by atoms with Crippen LogP contribution in [0.15, 0.2) is 36.4 Å². The number of pyridine rings is 1. The Hall–Kier alpha value is -1.87. The smallest absolute Gasteiger partial charge is 0.133 e. The van der Waals surface area contributed by atoms with E-state index in [1.54, 1.807) is 0 Å². The number of nitrogens with one attached hydrogen (secondary N) is 1. The van der Waals surface area contributed by atoms with Crippen molar-refractivity contribution in [3.05, 3.63) is 53.2 Å². The molecule has 3 heteroatoms. The predicted octanol–water partition coefficient (Wildman–Crippen LogP) is 3.58. The van der Waals surface area contributed by atoms with Gasteiger partial charge in [-0.05, 0) is 44.2 Å². The second-order valence-electron chi connectivity index (χ2n) is 5.12. The average molecular weight is 269 g/mol. The fourth-order valence-electron chi connectivity index (χ4n) is 2.31. The summed E-state index contributed by atoms with van der Waals surface area (Å²) in [5.41, 5.74) is 4.82. The Morgan fingerprint density at radius 1 is 1.15 bits per heavy atom. The normalized spacial score (nSPS) is 10.6. The molecule has 106 valence electrons. The number of hydrogen-bond donors (Lipinski definition) is 1. The van der Waals surface area contributed by atoms with Crippen LogP contribution < -0.4 is 10.2 Å². The fourth-order valence-corrected chi connectivity index (χ4v) is 2.31. The molecule has 1 N–H and O–H groups in total. The zero-order valence-electron chi connectivity index (χ0n) is 12.8. The number of rotatable bonds is 5. The summed E-state index contributed by atoms with van der Waals surface area (Å²) in [4.78, 5) is 6.86. The maximum atomic E-state index is 4.71. The Bertz CT molecular complexity index is 578. The first kappa shape index (κ1) is 14.5. The van der Waals surface area contributed by atoms with E-state index in [-0.39, 0.29) is 0 Å². The van der Waals surface area contributed by atoms with Gasteiger partial charge >= 0.3 is 0 Å². The number of benzene rings is 1. The van der Waals surface area contributed by atoms with E-state index >= 15 is 0 Å². The summed E-state index contributed by atoms with van der Waals surface area (Å²) < 4.78 is 0. The molecule has 0 bridgehead atoms. The molecule has 0 saturated heterocycles. The van der Waals surface area contributed by atoms with Gasteiger partial charge in [-0.1, -0.05) is 30.7 Å². The van der Waals surface area contributed by atoms with Crippen molar-refractivity contribution in [3.8, 4) is 0 Å². The molecule has 0 aliphatic heterocycles. The molecule has 3 nitrogen and oxygen atoms in total. The van der Waals surface area contributed by atoms with Gasteiger partial charge in [-0.3, -0.25) is 0 Å². The summed E-state index contributed by atoms with van der Waals surface area (Å²) in [7, 11) is 2.07. The molecule has 0 unspecified atom stereocenters. The van der Waals surface area contributed by atoms with E-state index in [2.05, 4.69) is 74.4 Å². The van der Waals surface area contributed by atoms with E-state index < -0.39 is 0 Å². The van der Waals surface area contributed by atoms with Crippen molar-refractivity contribution in [1.29, 1.82) is 0 Å². The zero-order valence-corrected chi connectivity index (χ0v) is 12.8. The van der Waals surface area contributed by atoms with Gasteiger partial charge in [-0.25, -0.2) is 4.98 Å². The van der Waals surface area contributed by atoms with E-state index in [9.17, 15) is 0 Å². The zero-order chi connectivity index (χ0) is 14.5. The van der Waals surface area contributed by atoms with Crippen molar-refractivity contribution in [2.75, 3.05) is 18.5 Å². The minimum absolute atomic E-state index is 0.811. The molecule has 0 radical (unpaired) electrons. The molecule has 0 atom stereocenters. The first-order valence-electron chi connectivity index (χ1n) is 7.09. The summed E-state index contributed by atoms with van der Waals surface area (Å²) in [5.74, 6) is 0.979. The Balaban J connectivity index is 2.26. The van der Waals surface area contributed by atoms with Crippen LogP contribution in [0.5, 0.6) is 0 Å². The SMILES string of the molecule is CCNCc1cccc(N(C)c2ccc(C)cc2C)n1. The molecule has 0 spiro atoms. The number of hydrogen-bond acceptors (Lipinski definition) is 3. The Kier molecular flexibility index (Phi) is 4.74. The van der Waals surface area contributed by atoms with Gasteiger partial charge in [0.15, 0.2) is 0 Å². The number of nitrogens with zero attached hydrogens (tertiary/aromatic N) is 2. The van der Waals surface area contributed by atoms with Crippen LogP contribution in [0.2, 0.25) is 0 Å². The standard InChI is InChI=1S/C17H23N3/c1-5-18-12-15-7-6-8-17(19-15)20(4)16-10-9-13(2)11-14(16)3/h6-11,18H,5,12H2,1-4H3. The van der Waals surface area contributed by atoms with Crippen molar-refractivity contribution in [3.63, 3.8) is 0 Å². The third kappa shape index (κ3) is 3.36. The maximum absolute atomic E-state index is 4.71. The molecule has 1 aromatic carbocycles. The highest BCUT2D eigenvalue weighted by Gasteiger charge is 2.08. The highest BCUT2D eigenvalue weighted by Crippen LogP contribution is 2.26. The average Bonchev–Trinajstić information content (AvgIpc) is 2.45. The van der Waals surface area contributed by atoms with Gasteiger partial charge in [0.2, 0.25) is 0 Å². The monoisotopic (exact) mass is 269 g/mol. The molecule has 0 saturated carbocycles. The van der Waals surface area contributed by atoms with E-state index in [0.29, 0.717) is 0 Å². The van der Waals surface area contributed by atoms with E-state index in [0.717, 1.165) is 24.6 Å². The summed E-state index contributed by atoms with van der Waals surface area (Å²) >= 11 is 0. The van der Waals surface area contributed by atoms with Gasteiger partial charge < -0.3 is 10.2 Å². The second-order valence-corrected chi connectivity index (χ2v) is 5.12. The van der Waals surface area contributed by atoms with Crippen LogP contribution in [-0.2, 0) is 6.54 Å². The highest BCUT2D eigenvalue weighted by atomic mass is 15.2. The van der Waals surface area contributed by atoms with Crippen molar-refractivity contribution < 1.29 is 0 Å². The Morgan fingerprint density at radius 3 is 2.65 bits per heavy atom. The van der Waals surface area contributed by atoms with Crippen molar-refractivity contribution in [2.24, 2.45) is 0 Å². The highest BCUT2D eigenvalue weighted by molar-refractivity contribution is 5.63. The predicted molar refractivity (Wildman–Crippen MR) is 85.6 cm³/mol. The first-order valence-corrected chi connectivity index (χ1v) is 7.09. The summed E-state index contributed by atoms with van der Waals surface area (Å²) in [5, 5.41) is 3.31. The molecule has 1 heterocycles. The molecule has 20 heavy (non-hydrogen) atoms. The number of anilines is 2. The van der Waals surface area contributed by atoms with Crippen LogP contribution in [0, 0.1) is 13.8 Å². The van der Waals surface area contributed by atoms with Crippen LogP contribution >= 0.6 is 0 Å². The van der Waals surface area contributed by atoms with E-state index in [1.807, 2.05) is 0 Å². The molecular formula is C17H23N3. The van der Waals surface area contributed by atoms with Crippen LogP contribution in [-0.4, -0.2) is 18.6 Å². The minimum atomic E-state index is 0.811. The van der Waals surface area contributed by atoms with Gasteiger partial charge in [0.25, 0.3) is 0 Å². The van der Waals surface area contributed by atoms with Crippen LogP contribution in [0.4, 0.5) is 11.5 Å². The third-order valence-electron chi connectivity index (χ3n) is 3.41. The summed E-state index contributed by atoms with van der Waals surface area (Å²) in [6, 6.07) is 12.7. The van der Waals surface area contributed by atoms with Gasteiger partial charge in [0, 0.05) is 19.3 Å². The van der Waals surface area contributed by atoms with Gasteiger partial charge in [0.05, 0.1) is 5.69 Å². The summed E-state index contributed by atoms with van der Waals surface area (Å²) in [6.07, 6.45) is 0. The van der Waals surface area contributed by atoms with Crippen LogP contribution in [0.3, 0.4) is 0 Å². The number of aromatic nitrogens is 1. The van der Waals surface area contributed by atoms with Crippen molar-refractivity contribution in [2.45, 2.75) is 27.3 Å². The lowest BCUT2D eigenvalue weighted by Crippen LogP contribution is -2.16. The molecule has 0 amide bonds. The van der Waals surface area contributed by atoms with Crippen molar-refractivity contribution in [1.82, 2.24) is 10.3 Å². The lowest BCUT2D eigenvalue weighted by molar-refractivity contribution is 0.710. The molecule has 0 aliphatic rings. The molecular weight excluding hydrogens is 246 g/mol. The lowest BCUT2D eigenvalue weighted by Gasteiger charge is -2.21. The Morgan fingerprint density at radius 2 is 1.95 bits per heavy atom. The maximum Gasteiger partial charge on any atom is 0.133 e. The molecule has 0 fully saturated rings. The molecule has 1 aromatic heterocycles. The van der Waals surface area contributed by atoms with E-state index in [4.69, 9.17) is 4.98 Å². The quantitative estimate of drug-likeness (QED) is 0.899. The minimum Gasteiger partial charge on any atom is -0.329 e. The van der Waals surface area contributed by atoms with Crippen LogP contribution in [0.1, 0.15) is 23.7 Å². The van der Waals surface area contributed by atoms with Crippen molar-refractivity contribution >= 4 is 11.5 Å². The first-order chi connectivity index (χ1) is 9.61. The van der Waals surface area contributed by atoms with E-state index in [1.165, 1.54) is 16.8 Å². The van der Waals surface area contributed by atoms with Gasteiger partial charge in [-0.15, -0.1) is 0 Å². The topological polar surface area (TPSA) is 28.2 Å². The third-order valence-corrected chi connectivity index (χ3v) is 3.41. The summed E-state index contributed by atoms with van der Waals surface area (Å²) in [6.45, 7) is 8.13. The Labute approximate surface area is 121 Å². The molecule has 2 aromatic rings. The fraction of sp³-hybridized carbons (Fsp3) is 0.353. The largest absolute Gasteiger partial charge is 0.329 e. The number of aryl methyl sites for hydroxylation is 2. The van der Waals surface area contributed by atoms with Gasteiger partial charge in [-0.2, -0.15) is 0 Å². The lowest BCUT2D eigenvalue weighted by atomic mass is 10.1. The molecule has 2 rings (SSSR count). The molecule has 0 aliphatic carbocycles. The van der Waals surface area contributed by atoms with Crippen LogP contribution in [0.25, 0.3) is 0 Å². The van der Waals surface area contributed by atoms with Gasteiger partial charge in [0.1, 0.15) is 5.82 Å².